The predicted molar refractivity (Wildman–Crippen MR) is 79.7 cm³/mol. The number of aliphatic hydroxyl groups excluding tert-OH is 1. The lowest BCUT2D eigenvalue weighted by molar-refractivity contribution is -0.236. The normalized spacial score (nSPS) is 18.7. The van der Waals surface area contributed by atoms with E-state index in [0.717, 1.165) is 18.5 Å². The van der Waals surface area contributed by atoms with Gasteiger partial charge < -0.3 is 15.6 Å². The van der Waals surface area contributed by atoms with E-state index in [4.69, 9.17) is 10.5 Å². The van der Waals surface area contributed by atoms with Crippen LogP contribution in [0.25, 0.3) is 5.57 Å². The molecule has 0 aliphatic carbocycles. The van der Waals surface area contributed by atoms with Gasteiger partial charge in [0.25, 0.3) is 0 Å². The van der Waals surface area contributed by atoms with Crippen LogP contribution >= 0.6 is 0 Å². The monoisotopic (exact) mass is 277 g/mol. The molecule has 2 rings (SSSR count). The van der Waals surface area contributed by atoms with E-state index in [1.165, 1.54) is 5.57 Å². The fraction of sp³-hybridized carbons (Fsp3) is 0.533. The van der Waals surface area contributed by atoms with E-state index in [1.54, 1.807) is 12.3 Å². The number of hydrogen-bond acceptors (Lipinski definition) is 5. The summed E-state index contributed by atoms with van der Waals surface area (Å²) in [6.45, 7) is 7.22. The molecule has 1 aliphatic rings. The van der Waals surface area contributed by atoms with Gasteiger partial charge in [-0.25, -0.2) is 4.98 Å². The highest BCUT2D eigenvalue weighted by atomic mass is 16.6. The molecule has 5 heteroatoms. The fourth-order valence-corrected chi connectivity index (χ4v) is 2.13. The van der Waals surface area contributed by atoms with Gasteiger partial charge in [0, 0.05) is 19.3 Å². The van der Waals surface area contributed by atoms with Crippen molar-refractivity contribution in [2.75, 3.05) is 18.8 Å². The zero-order valence-corrected chi connectivity index (χ0v) is 12.3. The minimum atomic E-state index is -0.864. The number of ether oxygens (including phenoxy) is 1. The average molecular weight is 277 g/mol. The molecule has 2 heterocycles. The summed E-state index contributed by atoms with van der Waals surface area (Å²) in [6, 6.07) is 3.78. The molecule has 1 aliphatic heterocycles. The van der Waals surface area contributed by atoms with Gasteiger partial charge in [-0.15, -0.1) is 0 Å². The van der Waals surface area contributed by atoms with Gasteiger partial charge in [-0.3, -0.25) is 4.90 Å². The molecule has 0 bridgehead atoms. The Bertz CT molecular complexity index is 477. The second-order valence-electron chi connectivity index (χ2n) is 6.00. The van der Waals surface area contributed by atoms with E-state index in [2.05, 4.69) is 11.1 Å². The highest BCUT2D eigenvalue weighted by Gasteiger charge is 2.24. The number of pyridine rings is 1. The third-order valence-corrected chi connectivity index (χ3v) is 3.17. The lowest BCUT2D eigenvalue weighted by Crippen LogP contribution is -2.43. The Kier molecular flexibility index (Phi) is 4.42. The lowest BCUT2D eigenvalue weighted by Gasteiger charge is -2.34. The molecule has 1 unspecified atom stereocenters. The van der Waals surface area contributed by atoms with Crippen LogP contribution in [0.5, 0.6) is 0 Å². The molecular formula is C15H23N3O2. The number of nitrogens with zero attached hydrogens (tertiary/aromatic N) is 2. The summed E-state index contributed by atoms with van der Waals surface area (Å²) in [6.07, 6.45) is 3.89. The Balaban J connectivity index is 1.98. The number of aromatic nitrogens is 1. The first-order chi connectivity index (χ1) is 9.35. The number of aliphatic hydroxyl groups is 1. The first kappa shape index (κ1) is 15.0. The zero-order chi connectivity index (χ0) is 14.8. The van der Waals surface area contributed by atoms with Crippen molar-refractivity contribution in [2.45, 2.75) is 39.2 Å². The third kappa shape index (κ3) is 4.03. The average Bonchev–Trinajstić information content (AvgIpc) is 2.38. The van der Waals surface area contributed by atoms with E-state index in [0.29, 0.717) is 12.4 Å². The third-order valence-electron chi connectivity index (χ3n) is 3.17. The standard InChI is InChI=1S/C15H23N3O2/c1-15(2,3)20-14(19)18-8-6-11(7-9-18)12-4-5-13(16)17-10-12/h4-6,10,14,19H,7-9H2,1-3H3,(H2,16,17). The number of nitrogen functional groups attached to an aromatic ring is 1. The molecule has 5 nitrogen and oxygen atoms in total. The van der Waals surface area contributed by atoms with Crippen LogP contribution in [0.1, 0.15) is 32.8 Å². The SMILES string of the molecule is CC(C)(C)OC(O)N1CC=C(c2ccc(N)nc2)CC1. The van der Waals surface area contributed by atoms with Gasteiger partial charge in [0.1, 0.15) is 5.82 Å². The minimum Gasteiger partial charge on any atom is -0.384 e. The molecule has 1 aromatic heterocycles. The lowest BCUT2D eigenvalue weighted by atomic mass is 10.0. The maximum atomic E-state index is 10.0. The Morgan fingerprint density at radius 1 is 1.40 bits per heavy atom. The second kappa shape index (κ2) is 5.91. The van der Waals surface area contributed by atoms with Gasteiger partial charge in [-0.1, -0.05) is 6.08 Å². The summed E-state index contributed by atoms with van der Waals surface area (Å²) in [5.74, 6) is 0.529. The number of rotatable bonds is 3. The highest BCUT2D eigenvalue weighted by Crippen LogP contribution is 2.24. The molecule has 0 amide bonds. The Labute approximate surface area is 120 Å². The van der Waals surface area contributed by atoms with Crippen LogP contribution in [0.15, 0.2) is 24.4 Å². The van der Waals surface area contributed by atoms with Crippen molar-refractivity contribution in [1.82, 2.24) is 9.88 Å². The van der Waals surface area contributed by atoms with Crippen LogP contribution in [0.3, 0.4) is 0 Å². The van der Waals surface area contributed by atoms with Gasteiger partial charge >= 0.3 is 0 Å². The maximum absolute atomic E-state index is 10.0. The second-order valence-corrected chi connectivity index (χ2v) is 6.00. The van der Waals surface area contributed by atoms with Crippen molar-refractivity contribution in [3.8, 4) is 0 Å². The summed E-state index contributed by atoms with van der Waals surface area (Å²) in [4.78, 5) is 6.01. The molecule has 110 valence electrons. The number of hydrogen-bond donors (Lipinski definition) is 2. The topological polar surface area (TPSA) is 71.6 Å². The molecule has 1 atom stereocenters. The van der Waals surface area contributed by atoms with Gasteiger partial charge in [0.05, 0.1) is 5.60 Å². The van der Waals surface area contributed by atoms with E-state index >= 15 is 0 Å². The highest BCUT2D eigenvalue weighted by molar-refractivity contribution is 5.66. The van der Waals surface area contributed by atoms with Crippen molar-refractivity contribution >= 4 is 11.4 Å². The van der Waals surface area contributed by atoms with Crippen LogP contribution in [0.2, 0.25) is 0 Å². The van der Waals surface area contributed by atoms with Crippen LogP contribution < -0.4 is 5.73 Å². The quantitative estimate of drug-likeness (QED) is 0.825. The Morgan fingerprint density at radius 2 is 2.15 bits per heavy atom. The van der Waals surface area contributed by atoms with Crippen LogP contribution in [0.4, 0.5) is 5.82 Å². The van der Waals surface area contributed by atoms with Crippen molar-refractivity contribution in [1.29, 1.82) is 0 Å². The zero-order valence-electron chi connectivity index (χ0n) is 12.3. The van der Waals surface area contributed by atoms with Gasteiger partial charge in [-0.05, 0) is 50.5 Å². The minimum absolute atomic E-state index is 0.357. The van der Waals surface area contributed by atoms with Crippen LogP contribution in [-0.2, 0) is 4.74 Å². The van der Waals surface area contributed by atoms with Crippen LogP contribution in [-0.4, -0.2) is 40.1 Å². The number of anilines is 1. The van der Waals surface area contributed by atoms with E-state index in [1.807, 2.05) is 31.7 Å². The molecule has 3 N–H and O–H groups in total. The van der Waals surface area contributed by atoms with Crippen molar-refractivity contribution in [3.63, 3.8) is 0 Å². The summed E-state index contributed by atoms with van der Waals surface area (Å²) in [7, 11) is 0. The maximum Gasteiger partial charge on any atom is 0.216 e. The predicted octanol–water partition coefficient (Wildman–Crippen LogP) is 1.84. The largest absolute Gasteiger partial charge is 0.384 e. The number of nitrogens with two attached hydrogens (primary N) is 1. The van der Waals surface area contributed by atoms with Crippen molar-refractivity contribution in [3.05, 3.63) is 30.0 Å². The first-order valence-corrected chi connectivity index (χ1v) is 6.86. The molecule has 0 radical (unpaired) electrons. The van der Waals surface area contributed by atoms with E-state index < -0.39 is 6.41 Å². The molecule has 1 aromatic rings. The molecule has 0 saturated carbocycles. The molecule has 0 fully saturated rings. The smallest absolute Gasteiger partial charge is 0.216 e. The van der Waals surface area contributed by atoms with Crippen LogP contribution in [0, 0.1) is 0 Å². The Hall–Kier alpha value is -1.43. The van der Waals surface area contributed by atoms with Gasteiger partial charge in [0.2, 0.25) is 6.41 Å². The summed E-state index contributed by atoms with van der Waals surface area (Å²) >= 11 is 0. The van der Waals surface area contributed by atoms with Crippen molar-refractivity contribution in [2.24, 2.45) is 0 Å². The molecule has 20 heavy (non-hydrogen) atoms. The first-order valence-electron chi connectivity index (χ1n) is 6.86. The molecule has 0 spiro atoms. The van der Waals surface area contributed by atoms with E-state index in [9.17, 15) is 5.11 Å². The Morgan fingerprint density at radius 3 is 2.65 bits per heavy atom. The van der Waals surface area contributed by atoms with Crippen molar-refractivity contribution < 1.29 is 9.84 Å². The molecular weight excluding hydrogens is 254 g/mol. The van der Waals surface area contributed by atoms with E-state index in [-0.39, 0.29) is 5.60 Å². The summed E-state index contributed by atoms with van der Waals surface area (Å²) in [5.41, 5.74) is 7.55. The summed E-state index contributed by atoms with van der Waals surface area (Å²) in [5, 5.41) is 10.0. The fourth-order valence-electron chi connectivity index (χ4n) is 2.13. The van der Waals surface area contributed by atoms with Gasteiger partial charge in [0.15, 0.2) is 0 Å². The van der Waals surface area contributed by atoms with Gasteiger partial charge in [-0.2, -0.15) is 0 Å². The molecule has 0 aromatic carbocycles. The molecule has 0 saturated heterocycles. The summed E-state index contributed by atoms with van der Waals surface area (Å²) < 4.78 is 5.56.